The molecule has 0 radical (unpaired) electrons. The Morgan fingerprint density at radius 3 is 2.00 bits per heavy atom. The molecule has 0 fully saturated rings. The predicted molar refractivity (Wildman–Crippen MR) is 106 cm³/mol. The summed E-state index contributed by atoms with van der Waals surface area (Å²) >= 11 is 0. The number of nitrogens with one attached hydrogen (secondary N) is 2. The summed E-state index contributed by atoms with van der Waals surface area (Å²) in [5, 5.41) is 2.46. The summed E-state index contributed by atoms with van der Waals surface area (Å²) < 4.78 is 66.6. The molecular formula is C20H14F3N3O4S. The number of hydrogen-bond acceptors (Lipinski definition) is 4. The van der Waals surface area contributed by atoms with Gasteiger partial charge in [0.1, 0.15) is 5.82 Å². The first kappa shape index (κ1) is 21.8. The third kappa shape index (κ3) is 5.01. The van der Waals surface area contributed by atoms with Gasteiger partial charge in [0.2, 0.25) is 0 Å². The molecule has 31 heavy (non-hydrogen) atoms. The minimum Gasteiger partial charge on any atom is -0.366 e. The fourth-order valence-corrected chi connectivity index (χ4v) is 3.61. The third-order valence-electron chi connectivity index (χ3n) is 4.09. The van der Waals surface area contributed by atoms with E-state index >= 15 is 0 Å². The van der Waals surface area contributed by atoms with Gasteiger partial charge in [0.15, 0.2) is 11.6 Å². The maximum Gasteiger partial charge on any atom is 0.261 e. The molecule has 4 N–H and O–H groups in total. The van der Waals surface area contributed by atoms with Gasteiger partial charge >= 0.3 is 0 Å². The van der Waals surface area contributed by atoms with Crippen molar-refractivity contribution in [2.75, 3.05) is 10.0 Å². The predicted octanol–water partition coefficient (Wildman–Crippen LogP) is 3.26. The lowest BCUT2D eigenvalue weighted by atomic mass is 10.1. The Kier molecular flexibility index (Phi) is 5.97. The number of benzene rings is 3. The largest absolute Gasteiger partial charge is 0.366 e. The highest BCUT2D eigenvalue weighted by molar-refractivity contribution is 7.92. The number of carbonyl (C=O) groups is 2. The van der Waals surface area contributed by atoms with Crippen LogP contribution in [0.2, 0.25) is 0 Å². The van der Waals surface area contributed by atoms with Crippen molar-refractivity contribution in [2.45, 2.75) is 4.90 Å². The first-order valence-corrected chi connectivity index (χ1v) is 10.0. The van der Waals surface area contributed by atoms with Crippen LogP contribution < -0.4 is 15.8 Å². The number of anilines is 2. The molecule has 0 aromatic heterocycles. The van der Waals surface area contributed by atoms with Crippen molar-refractivity contribution in [3.63, 3.8) is 0 Å². The number of sulfonamides is 1. The minimum absolute atomic E-state index is 0.0686. The second kappa shape index (κ2) is 8.48. The Morgan fingerprint density at radius 2 is 1.39 bits per heavy atom. The van der Waals surface area contributed by atoms with E-state index in [1.807, 2.05) is 0 Å². The fourth-order valence-electron chi connectivity index (χ4n) is 2.54. The second-order valence-electron chi connectivity index (χ2n) is 6.27. The highest BCUT2D eigenvalue weighted by Crippen LogP contribution is 2.20. The molecule has 7 nitrogen and oxygen atoms in total. The van der Waals surface area contributed by atoms with Crippen LogP contribution in [0.15, 0.2) is 65.6 Å². The van der Waals surface area contributed by atoms with Crippen LogP contribution in [0.1, 0.15) is 20.7 Å². The van der Waals surface area contributed by atoms with Gasteiger partial charge in [0.25, 0.3) is 21.8 Å². The topological polar surface area (TPSA) is 118 Å². The van der Waals surface area contributed by atoms with Crippen LogP contribution in [-0.4, -0.2) is 20.2 Å². The maximum atomic E-state index is 13.5. The SMILES string of the molecule is NC(=O)c1cc(NC(=O)c2ccc(NS(=O)(=O)c3ccc(F)c(F)c3)cc2)ccc1F. The van der Waals surface area contributed by atoms with Crippen molar-refractivity contribution in [1.82, 2.24) is 0 Å². The lowest BCUT2D eigenvalue weighted by molar-refractivity contribution is 0.0992. The number of rotatable bonds is 6. The van der Waals surface area contributed by atoms with Gasteiger partial charge in [-0.2, -0.15) is 0 Å². The van der Waals surface area contributed by atoms with Gasteiger partial charge in [-0.3, -0.25) is 14.3 Å². The first-order valence-electron chi connectivity index (χ1n) is 8.55. The summed E-state index contributed by atoms with van der Waals surface area (Å²) in [5.74, 6) is -4.93. The van der Waals surface area contributed by atoms with Crippen LogP contribution in [0, 0.1) is 17.5 Å². The zero-order valence-electron chi connectivity index (χ0n) is 15.5. The van der Waals surface area contributed by atoms with E-state index in [0.717, 1.165) is 18.2 Å². The van der Waals surface area contributed by atoms with Gasteiger partial charge < -0.3 is 11.1 Å². The van der Waals surface area contributed by atoms with Crippen molar-refractivity contribution in [3.05, 3.63) is 89.2 Å². The smallest absolute Gasteiger partial charge is 0.261 e. The minimum atomic E-state index is -4.19. The van der Waals surface area contributed by atoms with Crippen molar-refractivity contribution >= 4 is 33.2 Å². The molecule has 0 atom stereocenters. The van der Waals surface area contributed by atoms with Crippen LogP contribution in [0.4, 0.5) is 24.5 Å². The van der Waals surface area contributed by atoms with Crippen LogP contribution in [0.3, 0.4) is 0 Å². The molecule has 0 saturated carbocycles. The number of primary amides is 1. The van der Waals surface area contributed by atoms with Gasteiger partial charge in [0, 0.05) is 16.9 Å². The number of hydrogen-bond donors (Lipinski definition) is 3. The molecule has 3 aromatic carbocycles. The Morgan fingerprint density at radius 1 is 0.774 bits per heavy atom. The highest BCUT2D eigenvalue weighted by Gasteiger charge is 2.17. The van der Waals surface area contributed by atoms with Gasteiger partial charge in [-0.1, -0.05) is 0 Å². The number of halogens is 3. The van der Waals surface area contributed by atoms with E-state index < -0.39 is 44.2 Å². The van der Waals surface area contributed by atoms with Crippen molar-refractivity contribution < 1.29 is 31.2 Å². The molecule has 2 amide bonds. The molecule has 0 aliphatic carbocycles. The Labute approximate surface area is 174 Å². The standard InChI is InChI=1S/C20H14F3N3O4S/c21-16-7-5-13(9-15(16)19(24)27)25-20(28)11-1-3-12(4-2-11)26-31(29,30)14-6-8-17(22)18(23)10-14/h1-10,26H,(H2,24,27)(H,25,28). The summed E-state index contributed by atoms with van der Waals surface area (Å²) in [6.07, 6.45) is 0. The molecule has 0 aliphatic rings. The van der Waals surface area contributed by atoms with Gasteiger partial charge in [0.05, 0.1) is 10.5 Å². The third-order valence-corrected chi connectivity index (χ3v) is 5.47. The van der Waals surface area contributed by atoms with Crippen LogP contribution >= 0.6 is 0 Å². The number of nitrogens with two attached hydrogens (primary N) is 1. The van der Waals surface area contributed by atoms with Crippen molar-refractivity contribution in [1.29, 1.82) is 0 Å². The summed E-state index contributed by atoms with van der Waals surface area (Å²) in [5.41, 5.74) is 5.00. The molecule has 0 spiro atoms. The number of amides is 2. The summed E-state index contributed by atoms with van der Waals surface area (Å²) in [6, 6.07) is 10.6. The highest BCUT2D eigenvalue weighted by atomic mass is 32.2. The second-order valence-corrected chi connectivity index (χ2v) is 7.95. The maximum absolute atomic E-state index is 13.5. The van der Waals surface area contributed by atoms with E-state index in [9.17, 15) is 31.2 Å². The van der Waals surface area contributed by atoms with E-state index in [0.29, 0.717) is 12.1 Å². The van der Waals surface area contributed by atoms with Crippen molar-refractivity contribution in [2.24, 2.45) is 5.73 Å². The molecule has 0 heterocycles. The van der Waals surface area contributed by atoms with E-state index in [1.165, 1.54) is 30.3 Å². The Hall–Kier alpha value is -3.86. The normalized spacial score (nSPS) is 11.1. The molecule has 3 rings (SSSR count). The lowest BCUT2D eigenvalue weighted by Gasteiger charge is -2.10. The van der Waals surface area contributed by atoms with Gasteiger partial charge in [-0.05, 0) is 60.7 Å². The quantitative estimate of drug-likeness (QED) is 0.535. The van der Waals surface area contributed by atoms with E-state index in [2.05, 4.69) is 10.0 Å². The van der Waals surface area contributed by atoms with E-state index in [4.69, 9.17) is 5.73 Å². The molecular weight excluding hydrogens is 435 g/mol. The molecule has 0 unspecified atom stereocenters. The van der Waals surface area contributed by atoms with E-state index in [-0.39, 0.29) is 22.5 Å². The summed E-state index contributed by atoms with van der Waals surface area (Å²) in [7, 11) is -4.19. The molecule has 11 heteroatoms. The molecule has 0 bridgehead atoms. The first-order chi connectivity index (χ1) is 14.6. The average Bonchev–Trinajstić information content (AvgIpc) is 2.71. The van der Waals surface area contributed by atoms with Crippen LogP contribution in [0.25, 0.3) is 0 Å². The van der Waals surface area contributed by atoms with Crippen LogP contribution in [0.5, 0.6) is 0 Å². The average molecular weight is 449 g/mol. The number of carbonyl (C=O) groups excluding carboxylic acids is 2. The molecule has 0 saturated heterocycles. The monoisotopic (exact) mass is 449 g/mol. The fraction of sp³-hybridized carbons (Fsp3) is 0. The molecule has 160 valence electrons. The Balaban J connectivity index is 1.74. The Bertz CT molecular complexity index is 1280. The zero-order valence-corrected chi connectivity index (χ0v) is 16.3. The van der Waals surface area contributed by atoms with Gasteiger partial charge in [-0.15, -0.1) is 0 Å². The summed E-state index contributed by atoms with van der Waals surface area (Å²) in [4.78, 5) is 23.0. The molecule has 3 aromatic rings. The van der Waals surface area contributed by atoms with Gasteiger partial charge in [-0.25, -0.2) is 21.6 Å². The van der Waals surface area contributed by atoms with Crippen molar-refractivity contribution in [3.8, 4) is 0 Å². The zero-order chi connectivity index (χ0) is 22.8. The van der Waals surface area contributed by atoms with E-state index in [1.54, 1.807) is 0 Å². The summed E-state index contributed by atoms with van der Waals surface area (Å²) in [6.45, 7) is 0. The van der Waals surface area contributed by atoms with Crippen LogP contribution in [-0.2, 0) is 10.0 Å². The molecule has 0 aliphatic heterocycles. The lowest BCUT2D eigenvalue weighted by Crippen LogP contribution is -2.16.